The van der Waals surface area contributed by atoms with Gasteiger partial charge < -0.3 is 24.0 Å². The van der Waals surface area contributed by atoms with Crippen molar-refractivity contribution in [3.05, 3.63) is 117 Å². The summed E-state index contributed by atoms with van der Waals surface area (Å²) in [7, 11) is 1.60. The van der Waals surface area contributed by atoms with Crippen molar-refractivity contribution in [1.29, 1.82) is 0 Å². The van der Waals surface area contributed by atoms with E-state index in [1.54, 1.807) is 13.2 Å². The fraction of sp³-hybridized carbons (Fsp3) is 0.357. The molecule has 8 nitrogen and oxygen atoms in total. The number of rotatable bonds is 9. The molecule has 2 amide bonds. The summed E-state index contributed by atoms with van der Waals surface area (Å²) in [6.45, 7) is 4.38. The first-order valence-corrected chi connectivity index (χ1v) is 17.9. The van der Waals surface area contributed by atoms with Gasteiger partial charge in [-0.3, -0.25) is 14.6 Å². The molecule has 50 heavy (non-hydrogen) atoms. The number of aliphatic imine (C=N–C) groups is 1. The van der Waals surface area contributed by atoms with Crippen LogP contribution in [0.5, 0.6) is 17.2 Å². The lowest BCUT2D eigenvalue weighted by Crippen LogP contribution is -2.44. The van der Waals surface area contributed by atoms with E-state index in [9.17, 15) is 9.59 Å². The van der Waals surface area contributed by atoms with Crippen LogP contribution in [0.25, 0.3) is 0 Å². The number of nitrogens with zero attached hydrogens (tertiary/aromatic N) is 3. The van der Waals surface area contributed by atoms with Gasteiger partial charge in [0.2, 0.25) is 0 Å². The van der Waals surface area contributed by atoms with Gasteiger partial charge >= 0.3 is 0 Å². The van der Waals surface area contributed by atoms with E-state index >= 15 is 0 Å². The van der Waals surface area contributed by atoms with E-state index in [2.05, 4.69) is 47.4 Å². The molecule has 0 unspecified atom stereocenters. The van der Waals surface area contributed by atoms with Crippen molar-refractivity contribution in [2.75, 3.05) is 20.3 Å². The highest BCUT2D eigenvalue weighted by molar-refractivity contribution is 6.03. The summed E-state index contributed by atoms with van der Waals surface area (Å²) in [5.74, 6) is 2.08. The maximum atomic E-state index is 13.7. The van der Waals surface area contributed by atoms with Crippen molar-refractivity contribution in [3.8, 4) is 17.2 Å². The average molecular weight is 670 g/mol. The van der Waals surface area contributed by atoms with Gasteiger partial charge in [0.15, 0.2) is 11.5 Å². The van der Waals surface area contributed by atoms with E-state index in [0.29, 0.717) is 49.1 Å². The number of unbranched alkanes of at least 4 members (excludes halogenated alkanes) is 2. The summed E-state index contributed by atoms with van der Waals surface area (Å²) >= 11 is 0. The topological polar surface area (TPSA) is 80.7 Å². The van der Waals surface area contributed by atoms with Gasteiger partial charge in [-0.2, -0.15) is 0 Å². The van der Waals surface area contributed by atoms with Gasteiger partial charge in [0.05, 0.1) is 37.6 Å². The van der Waals surface area contributed by atoms with Crippen LogP contribution in [0.15, 0.2) is 77.8 Å². The fourth-order valence-corrected chi connectivity index (χ4v) is 7.92. The third-order valence-electron chi connectivity index (χ3n) is 10.7. The van der Waals surface area contributed by atoms with E-state index < -0.39 is 0 Å². The van der Waals surface area contributed by atoms with Crippen LogP contribution in [0.2, 0.25) is 0 Å². The second-order valence-corrected chi connectivity index (χ2v) is 13.9. The zero-order valence-electron chi connectivity index (χ0n) is 28.8. The lowest BCUT2D eigenvalue weighted by Gasteiger charge is -2.36. The minimum Gasteiger partial charge on any atom is -0.493 e. The molecule has 0 bridgehead atoms. The van der Waals surface area contributed by atoms with E-state index in [1.807, 2.05) is 42.3 Å². The molecule has 0 radical (unpaired) electrons. The maximum absolute atomic E-state index is 13.7. The smallest absolute Gasteiger partial charge is 0.257 e. The van der Waals surface area contributed by atoms with Crippen LogP contribution < -0.4 is 14.2 Å². The van der Waals surface area contributed by atoms with Crippen molar-refractivity contribution in [3.63, 3.8) is 0 Å². The Kier molecular flexibility index (Phi) is 8.77. The fourth-order valence-electron chi connectivity index (χ4n) is 7.92. The van der Waals surface area contributed by atoms with E-state index in [-0.39, 0.29) is 23.9 Å². The summed E-state index contributed by atoms with van der Waals surface area (Å²) in [5.41, 5.74) is 9.10. The lowest BCUT2D eigenvalue weighted by molar-refractivity contribution is 0.0642. The van der Waals surface area contributed by atoms with Crippen molar-refractivity contribution in [1.82, 2.24) is 9.80 Å². The second-order valence-electron chi connectivity index (χ2n) is 13.9. The van der Waals surface area contributed by atoms with E-state index in [0.717, 1.165) is 67.4 Å². The van der Waals surface area contributed by atoms with Crippen molar-refractivity contribution in [2.45, 2.75) is 77.0 Å². The SMILES string of the molecule is COc1cc2c(cc1OCCCCCOc1cc3c(cc1C)C(=O)N1Cc4ccccc4C[C@H]1CC3)N=C[C@@H]1Cc3ccccc3CN1C2=O. The minimum atomic E-state index is -0.0831. The number of benzene rings is 4. The summed E-state index contributed by atoms with van der Waals surface area (Å²) in [5, 5.41) is 0. The predicted octanol–water partition coefficient (Wildman–Crippen LogP) is 7.43. The standard InChI is InChI=1S/C42H43N3O5/c1-27-18-35-30(14-15-33-19-28-10-4-6-12-31(28)25-44(33)41(35)46)21-38(27)49-16-8-3-9-17-50-40-23-37-36(22-39(40)48-2)42(47)45-26-32-13-7-5-11-29(32)20-34(45)24-43-37/h4-7,10-13,18,21-24,33-34H,3,8-9,14-17,19-20,25-26H2,1-2H3/t33-,34+/m1/s1. The number of fused-ring (bicyclic) bond motifs is 6. The maximum Gasteiger partial charge on any atom is 0.257 e. The number of carbonyl (C=O) groups is 2. The average Bonchev–Trinajstić information content (AvgIpc) is 3.35. The molecule has 2 atom stereocenters. The third kappa shape index (κ3) is 6.12. The molecule has 8 heteroatoms. The molecule has 4 aliphatic heterocycles. The molecule has 4 heterocycles. The first kappa shape index (κ1) is 32.1. The second kappa shape index (κ2) is 13.7. The van der Waals surface area contributed by atoms with Gasteiger partial charge in [0.1, 0.15) is 5.75 Å². The largest absolute Gasteiger partial charge is 0.493 e. The molecule has 0 aromatic heterocycles. The highest BCUT2D eigenvalue weighted by Crippen LogP contribution is 2.39. The normalized spacial score (nSPS) is 18.8. The van der Waals surface area contributed by atoms with Crippen LogP contribution in [0, 0.1) is 6.92 Å². The molecule has 0 spiro atoms. The van der Waals surface area contributed by atoms with Crippen LogP contribution in [-0.4, -0.2) is 60.2 Å². The predicted molar refractivity (Wildman–Crippen MR) is 193 cm³/mol. The molecular formula is C42H43N3O5. The van der Waals surface area contributed by atoms with Crippen molar-refractivity contribution in [2.24, 2.45) is 4.99 Å². The third-order valence-corrected chi connectivity index (χ3v) is 10.7. The molecule has 0 fully saturated rings. The summed E-state index contributed by atoms with van der Waals surface area (Å²) in [4.78, 5) is 36.1. The van der Waals surface area contributed by atoms with Gasteiger partial charge in [0.25, 0.3) is 11.8 Å². The number of carbonyl (C=O) groups excluding carboxylic acids is 2. The zero-order valence-corrected chi connectivity index (χ0v) is 28.8. The Morgan fingerprint density at radius 3 is 2.10 bits per heavy atom. The molecule has 4 aromatic carbocycles. The highest BCUT2D eigenvalue weighted by Gasteiger charge is 2.35. The number of aryl methyl sites for hydroxylation is 2. The van der Waals surface area contributed by atoms with Crippen LogP contribution in [0.4, 0.5) is 5.69 Å². The molecule has 0 saturated carbocycles. The Morgan fingerprint density at radius 2 is 1.36 bits per heavy atom. The number of amides is 2. The number of hydrogen-bond acceptors (Lipinski definition) is 6. The van der Waals surface area contributed by atoms with Crippen LogP contribution in [0.1, 0.15) is 79.8 Å². The van der Waals surface area contributed by atoms with E-state index in [1.165, 1.54) is 22.3 Å². The van der Waals surface area contributed by atoms with Gasteiger partial charge in [-0.05, 0) is 103 Å². The zero-order chi connectivity index (χ0) is 34.2. The Hall–Kier alpha value is -5.11. The minimum absolute atomic E-state index is 0.0417. The van der Waals surface area contributed by atoms with Crippen molar-refractivity contribution < 1.29 is 23.8 Å². The van der Waals surface area contributed by atoms with Gasteiger partial charge in [-0.25, -0.2) is 0 Å². The van der Waals surface area contributed by atoms with Gasteiger partial charge in [-0.1, -0.05) is 48.5 Å². The number of hydrogen-bond donors (Lipinski definition) is 0. The molecule has 4 aromatic rings. The molecule has 0 N–H and O–H groups in total. The van der Waals surface area contributed by atoms with Crippen LogP contribution in [-0.2, 0) is 32.4 Å². The lowest BCUT2D eigenvalue weighted by atomic mass is 9.92. The molecular weight excluding hydrogens is 626 g/mol. The molecule has 0 aliphatic carbocycles. The van der Waals surface area contributed by atoms with E-state index in [4.69, 9.17) is 19.2 Å². The first-order valence-electron chi connectivity index (χ1n) is 17.9. The quantitative estimate of drug-likeness (QED) is 0.173. The Morgan fingerprint density at radius 1 is 0.700 bits per heavy atom. The number of ether oxygens (including phenoxy) is 3. The Balaban J connectivity index is 0.845. The summed E-state index contributed by atoms with van der Waals surface area (Å²) < 4.78 is 18.1. The van der Waals surface area contributed by atoms with Gasteiger partial charge in [-0.15, -0.1) is 0 Å². The van der Waals surface area contributed by atoms with Gasteiger partial charge in [0, 0.05) is 37.0 Å². The molecule has 8 rings (SSSR count). The molecule has 0 saturated heterocycles. The van der Waals surface area contributed by atoms with Crippen LogP contribution >= 0.6 is 0 Å². The molecule has 4 aliphatic rings. The summed E-state index contributed by atoms with van der Waals surface area (Å²) in [6, 6.07) is 24.7. The first-order chi connectivity index (χ1) is 24.5. The van der Waals surface area contributed by atoms with Crippen molar-refractivity contribution >= 4 is 23.7 Å². The van der Waals surface area contributed by atoms with Crippen LogP contribution in [0.3, 0.4) is 0 Å². The monoisotopic (exact) mass is 669 g/mol. The summed E-state index contributed by atoms with van der Waals surface area (Å²) in [6.07, 6.45) is 8.06. The Labute approximate surface area is 293 Å². The number of methoxy groups -OCH3 is 1. The Bertz CT molecular complexity index is 1990. The molecule has 256 valence electrons. The highest BCUT2D eigenvalue weighted by atomic mass is 16.5.